The molecule has 0 atom stereocenters. The summed E-state index contributed by atoms with van der Waals surface area (Å²) < 4.78 is 5.00. The van der Waals surface area contributed by atoms with Gasteiger partial charge in [-0.25, -0.2) is 0 Å². The van der Waals surface area contributed by atoms with Crippen LogP contribution in [0.2, 0.25) is 0 Å². The minimum Gasteiger partial charge on any atom is -0.383 e. The van der Waals surface area contributed by atoms with Crippen LogP contribution in [-0.2, 0) is 4.74 Å². The molecule has 1 fully saturated rings. The first-order valence-electron chi connectivity index (χ1n) is 7.78. The van der Waals surface area contributed by atoms with Crippen LogP contribution in [0.1, 0.15) is 45.4 Å². The molecule has 0 aromatic carbocycles. The van der Waals surface area contributed by atoms with Gasteiger partial charge in [-0.2, -0.15) is 0 Å². The molecule has 0 saturated carbocycles. The highest BCUT2D eigenvalue weighted by atomic mass is 16.5. The summed E-state index contributed by atoms with van der Waals surface area (Å²) in [5, 5.41) is 3.40. The average molecular weight is 256 g/mol. The smallest absolute Gasteiger partial charge is 0.0587 e. The molecule has 1 aliphatic rings. The summed E-state index contributed by atoms with van der Waals surface area (Å²) in [6, 6.07) is 0. The number of ether oxygens (including phenoxy) is 1. The lowest BCUT2D eigenvalue weighted by Gasteiger charge is -2.31. The van der Waals surface area contributed by atoms with Crippen LogP contribution in [0, 0.1) is 5.92 Å². The quantitative estimate of drug-likeness (QED) is 0.608. The molecule has 0 bridgehead atoms. The minimum absolute atomic E-state index is 0.824. The molecule has 18 heavy (non-hydrogen) atoms. The Labute approximate surface area is 113 Å². The predicted octanol–water partition coefficient (Wildman–Crippen LogP) is 2.51. The Hall–Kier alpha value is -0.120. The summed E-state index contributed by atoms with van der Waals surface area (Å²) in [6.45, 7) is 9.22. The van der Waals surface area contributed by atoms with Crippen molar-refractivity contribution in [1.29, 1.82) is 0 Å². The lowest BCUT2D eigenvalue weighted by Crippen LogP contribution is -2.34. The Morgan fingerprint density at radius 2 is 1.94 bits per heavy atom. The summed E-state index contributed by atoms with van der Waals surface area (Å²) in [4.78, 5) is 2.65. The number of rotatable bonds is 10. The summed E-state index contributed by atoms with van der Waals surface area (Å²) in [6.07, 6.45) is 8.28. The normalized spacial score (nSPS) is 18.3. The largest absolute Gasteiger partial charge is 0.383 e. The van der Waals surface area contributed by atoms with Crippen molar-refractivity contribution in [3.05, 3.63) is 0 Å². The van der Waals surface area contributed by atoms with E-state index in [1.54, 1.807) is 7.11 Å². The van der Waals surface area contributed by atoms with E-state index < -0.39 is 0 Å². The lowest BCUT2D eigenvalue weighted by atomic mass is 9.92. The van der Waals surface area contributed by atoms with Gasteiger partial charge in [-0.1, -0.05) is 19.8 Å². The van der Waals surface area contributed by atoms with Gasteiger partial charge in [0, 0.05) is 13.7 Å². The molecule has 0 amide bonds. The van der Waals surface area contributed by atoms with E-state index in [9.17, 15) is 0 Å². The highest BCUT2D eigenvalue weighted by Gasteiger charge is 2.17. The number of hydrogen-bond donors (Lipinski definition) is 1. The second-order valence-electron chi connectivity index (χ2n) is 5.52. The van der Waals surface area contributed by atoms with Crippen LogP contribution in [0.3, 0.4) is 0 Å². The van der Waals surface area contributed by atoms with E-state index in [0.29, 0.717) is 0 Å². The van der Waals surface area contributed by atoms with Crippen molar-refractivity contribution in [2.24, 2.45) is 5.92 Å². The molecule has 0 unspecified atom stereocenters. The second kappa shape index (κ2) is 10.8. The number of nitrogens with zero attached hydrogens (tertiary/aromatic N) is 1. The Balaban J connectivity index is 1.88. The van der Waals surface area contributed by atoms with Gasteiger partial charge in [-0.05, 0) is 57.8 Å². The SMILES string of the molecule is CCCC1CCN(CCCCNCCOC)CC1. The van der Waals surface area contributed by atoms with Gasteiger partial charge >= 0.3 is 0 Å². The highest BCUT2D eigenvalue weighted by molar-refractivity contribution is 4.71. The third-order valence-electron chi connectivity index (χ3n) is 3.96. The molecule has 1 aliphatic heterocycles. The van der Waals surface area contributed by atoms with E-state index in [1.165, 1.54) is 58.2 Å². The van der Waals surface area contributed by atoms with Crippen LogP contribution < -0.4 is 5.32 Å². The Morgan fingerprint density at radius 3 is 2.61 bits per heavy atom. The van der Waals surface area contributed by atoms with Gasteiger partial charge in [0.25, 0.3) is 0 Å². The molecule has 0 spiro atoms. The number of piperidine rings is 1. The van der Waals surface area contributed by atoms with Gasteiger partial charge in [0.1, 0.15) is 0 Å². The maximum absolute atomic E-state index is 5.00. The van der Waals surface area contributed by atoms with Crippen molar-refractivity contribution in [3.63, 3.8) is 0 Å². The molecule has 0 aromatic rings. The highest BCUT2D eigenvalue weighted by Crippen LogP contribution is 2.21. The van der Waals surface area contributed by atoms with E-state index in [2.05, 4.69) is 17.1 Å². The zero-order valence-corrected chi connectivity index (χ0v) is 12.4. The summed E-state index contributed by atoms with van der Waals surface area (Å²) in [5.41, 5.74) is 0. The molecule has 0 aliphatic carbocycles. The molecule has 1 N–H and O–H groups in total. The number of hydrogen-bond acceptors (Lipinski definition) is 3. The first kappa shape index (κ1) is 15.9. The van der Waals surface area contributed by atoms with E-state index >= 15 is 0 Å². The number of likely N-dealkylation sites (tertiary alicyclic amines) is 1. The standard InChI is InChI=1S/C15H32N2O/c1-3-6-15-7-12-17(13-8-15)11-5-4-9-16-10-14-18-2/h15-16H,3-14H2,1-2H3. The fourth-order valence-corrected chi connectivity index (χ4v) is 2.79. The van der Waals surface area contributed by atoms with Crippen LogP contribution in [0.15, 0.2) is 0 Å². The van der Waals surface area contributed by atoms with Crippen LogP contribution in [0.4, 0.5) is 0 Å². The van der Waals surface area contributed by atoms with Crippen LogP contribution in [0.5, 0.6) is 0 Å². The van der Waals surface area contributed by atoms with E-state index in [-0.39, 0.29) is 0 Å². The number of unbranched alkanes of at least 4 members (excludes halogenated alkanes) is 1. The molecule has 108 valence electrons. The zero-order valence-electron chi connectivity index (χ0n) is 12.4. The van der Waals surface area contributed by atoms with Crippen LogP contribution >= 0.6 is 0 Å². The maximum Gasteiger partial charge on any atom is 0.0587 e. The molecule has 1 rings (SSSR count). The van der Waals surface area contributed by atoms with Gasteiger partial charge in [0.15, 0.2) is 0 Å². The molecule has 3 heteroatoms. The van der Waals surface area contributed by atoms with Crippen molar-refractivity contribution in [3.8, 4) is 0 Å². The van der Waals surface area contributed by atoms with Gasteiger partial charge in [-0.15, -0.1) is 0 Å². The van der Waals surface area contributed by atoms with Crippen LogP contribution in [0.25, 0.3) is 0 Å². The van der Waals surface area contributed by atoms with Crippen molar-refractivity contribution >= 4 is 0 Å². The van der Waals surface area contributed by atoms with Gasteiger partial charge in [-0.3, -0.25) is 0 Å². The van der Waals surface area contributed by atoms with Crippen molar-refractivity contribution < 1.29 is 4.74 Å². The summed E-state index contributed by atoms with van der Waals surface area (Å²) in [5.74, 6) is 1.02. The first-order valence-corrected chi connectivity index (χ1v) is 7.78. The van der Waals surface area contributed by atoms with Crippen molar-refractivity contribution in [2.45, 2.75) is 45.4 Å². The molecular formula is C15H32N2O. The molecule has 1 heterocycles. The zero-order chi connectivity index (χ0) is 13.1. The van der Waals surface area contributed by atoms with E-state index in [0.717, 1.165) is 25.6 Å². The van der Waals surface area contributed by atoms with Gasteiger partial charge in [0.05, 0.1) is 6.61 Å². The third kappa shape index (κ3) is 7.34. The third-order valence-corrected chi connectivity index (χ3v) is 3.96. The Morgan fingerprint density at radius 1 is 1.17 bits per heavy atom. The van der Waals surface area contributed by atoms with Gasteiger partial charge < -0.3 is 15.0 Å². The maximum atomic E-state index is 5.00. The molecule has 0 aromatic heterocycles. The first-order chi connectivity index (χ1) is 8.86. The Bertz CT molecular complexity index is 179. The van der Waals surface area contributed by atoms with Crippen molar-refractivity contribution in [2.75, 3.05) is 46.4 Å². The van der Waals surface area contributed by atoms with Crippen molar-refractivity contribution in [1.82, 2.24) is 10.2 Å². The topological polar surface area (TPSA) is 24.5 Å². The molecule has 3 nitrogen and oxygen atoms in total. The number of nitrogens with one attached hydrogen (secondary N) is 1. The second-order valence-corrected chi connectivity index (χ2v) is 5.52. The fraction of sp³-hybridized carbons (Fsp3) is 1.00. The van der Waals surface area contributed by atoms with Crippen LogP contribution in [-0.4, -0.2) is 51.3 Å². The van der Waals surface area contributed by atoms with E-state index in [4.69, 9.17) is 4.74 Å². The average Bonchev–Trinajstić information content (AvgIpc) is 2.40. The fourth-order valence-electron chi connectivity index (χ4n) is 2.79. The lowest BCUT2D eigenvalue weighted by molar-refractivity contribution is 0.175. The van der Waals surface area contributed by atoms with E-state index in [1.807, 2.05) is 0 Å². The molecule has 0 radical (unpaired) electrons. The molecule has 1 saturated heterocycles. The predicted molar refractivity (Wildman–Crippen MR) is 78.1 cm³/mol. The minimum atomic E-state index is 0.824. The summed E-state index contributed by atoms with van der Waals surface area (Å²) in [7, 11) is 1.75. The monoisotopic (exact) mass is 256 g/mol. The molecular weight excluding hydrogens is 224 g/mol. The van der Waals surface area contributed by atoms with Gasteiger partial charge in [0.2, 0.25) is 0 Å². The Kier molecular flexibility index (Phi) is 9.54. The summed E-state index contributed by atoms with van der Waals surface area (Å²) >= 11 is 0. The number of methoxy groups -OCH3 is 1.